The first-order chi connectivity index (χ1) is 9.36. The van der Waals surface area contributed by atoms with Crippen molar-refractivity contribution in [3.8, 4) is 6.07 Å². The Kier molecular flexibility index (Phi) is 5.09. The average Bonchev–Trinajstić information content (AvgIpc) is 2.36. The first-order valence-electron chi connectivity index (χ1n) is 5.99. The van der Waals surface area contributed by atoms with E-state index < -0.39 is 34.9 Å². The molecule has 0 heterocycles. The van der Waals surface area contributed by atoms with Gasteiger partial charge in [-0.2, -0.15) is 5.26 Å². The number of ketones is 2. The molecule has 0 aliphatic rings. The van der Waals surface area contributed by atoms with Crippen molar-refractivity contribution in [2.75, 3.05) is 6.54 Å². The molecule has 20 heavy (non-hydrogen) atoms. The van der Waals surface area contributed by atoms with Gasteiger partial charge in [0.1, 0.15) is 11.6 Å². The van der Waals surface area contributed by atoms with E-state index in [9.17, 15) is 19.7 Å². The molecule has 0 bridgehead atoms. The quantitative estimate of drug-likeness (QED) is 0.446. The fourth-order valence-corrected chi connectivity index (χ4v) is 2.22. The Morgan fingerprint density at radius 2 is 1.75 bits per heavy atom. The number of rotatable bonds is 6. The number of benzene rings is 1. The van der Waals surface area contributed by atoms with Crippen molar-refractivity contribution in [1.29, 1.82) is 5.26 Å². The van der Waals surface area contributed by atoms with Crippen LogP contribution in [0.15, 0.2) is 24.3 Å². The molecular weight excluding hydrogens is 260 g/mol. The molecule has 0 aliphatic carbocycles. The predicted molar refractivity (Wildman–Crippen MR) is 70.6 cm³/mol. The Balaban J connectivity index is 3.22. The summed E-state index contributed by atoms with van der Waals surface area (Å²) in [6, 6.07) is 8.06. The van der Waals surface area contributed by atoms with E-state index >= 15 is 0 Å². The highest BCUT2D eigenvalue weighted by Crippen LogP contribution is 2.27. The predicted octanol–water partition coefficient (Wildman–Crippen LogP) is 1.71. The van der Waals surface area contributed by atoms with Gasteiger partial charge >= 0.3 is 0 Å². The maximum absolute atomic E-state index is 11.6. The zero-order chi connectivity index (χ0) is 15.3. The topological polar surface area (TPSA) is 101 Å². The van der Waals surface area contributed by atoms with Crippen molar-refractivity contribution < 1.29 is 14.5 Å². The highest BCUT2D eigenvalue weighted by atomic mass is 16.6. The van der Waals surface area contributed by atoms with E-state index in [1.54, 1.807) is 12.1 Å². The van der Waals surface area contributed by atoms with Crippen molar-refractivity contribution in [2.45, 2.75) is 19.8 Å². The molecule has 1 aromatic carbocycles. The van der Waals surface area contributed by atoms with E-state index in [0.717, 1.165) is 0 Å². The Labute approximate surface area is 116 Å². The summed E-state index contributed by atoms with van der Waals surface area (Å²) in [5.41, 5.74) is 0.923. The van der Waals surface area contributed by atoms with Gasteiger partial charge in [-0.3, -0.25) is 19.7 Å². The summed E-state index contributed by atoms with van der Waals surface area (Å²) >= 11 is 0. The maximum Gasteiger partial charge on any atom is 0.211 e. The number of carbonyl (C=O) groups is 2. The van der Waals surface area contributed by atoms with E-state index in [1.807, 2.05) is 6.07 Å². The highest BCUT2D eigenvalue weighted by molar-refractivity contribution is 6.01. The van der Waals surface area contributed by atoms with E-state index in [1.165, 1.54) is 26.0 Å². The lowest BCUT2D eigenvalue weighted by molar-refractivity contribution is -0.484. The van der Waals surface area contributed by atoms with Gasteiger partial charge in [0.25, 0.3) is 0 Å². The third-order valence-corrected chi connectivity index (χ3v) is 3.09. The minimum atomic E-state index is -1.03. The van der Waals surface area contributed by atoms with E-state index in [4.69, 9.17) is 5.26 Å². The zero-order valence-electron chi connectivity index (χ0n) is 11.2. The van der Waals surface area contributed by atoms with Gasteiger partial charge in [-0.15, -0.1) is 0 Å². The first kappa shape index (κ1) is 15.5. The Morgan fingerprint density at radius 1 is 1.25 bits per heavy atom. The summed E-state index contributed by atoms with van der Waals surface area (Å²) in [5.74, 6) is -2.64. The summed E-state index contributed by atoms with van der Waals surface area (Å²) in [6.07, 6.45) is 0. The summed E-state index contributed by atoms with van der Waals surface area (Å²) in [5, 5.41) is 19.5. The fourth-order valence-electron chi connectivity index (χ4n) is 2.22. The lowest BCUT2D eigenvalue weighted by atomic mass is 9.81. The van der Waals surface area contributed by atoms with Crippen LogP contribution in [0, 0.1) is 27.4 Å². The van der Waals surface area contributed by atoms with Gasteiger partial charge in [-0.25, -0.2) is 0 Å². The monoisotopic (exact) mass is 274 g/mol. The molecule has 1 unspecified atom stereocenters. The average molecular weight is 274 g/mol. The molecule has 104 valence electrons. The molecule has 0 radical (unpaired) electrons. The van der Waals surface area contributed by atoms with Crippen molar-refractivity contribution in [3.05, 3.63) is 45.5 Å². The molecular formula is C14H14N2O4. The Bertz CT molecular complexity index is 558. The van der Waals surface area contributed by atoms with Crippen molar-refractivity contribution >= 4 is 11.6 Å². The van der Waals surface area contributed by atoms with Crippen LogP contribution in [0.4, 0.5) is 0 Å². The number of nitriles is 1. The van der Waals surface area contributed by atoms with Crippen LogP contribution >= 0.6 is 0 Å². The molecule has 0 N–H and O–H groups in total. The van der Waals surface area contributed by atoms with Crippen LogP contribution in [0.25, 0.3) is 0 Å². The molecule has 0 aromatic heterocycles. The normalized spacial score (nSPS) is 11.7. The third kappa shape index (κ3) is 3.72. The molecule has 1 aromatic rings. The van der Waals surface area contributed by atoms with Gasteiger partial charge in [0.2, 0.25) is 6.54 Å². The summed E-state index contributed by atoms with van der Waals surface area (Å²) in [7, 11) is 0. The van der Waals surface area contributed by atoms with Gasteiger partial charge in [0, 0.05) is 4.92 Å². The first-order valence-corrected chi connectivity index (χ1v) is 5.99. The second-order valence-electron chi connectivity index (χ2n) is 4.55. The molecule has 0 aliphatic heterocycles. The van der Waals surface area contributed by atoms with Crippen LogP contribution in [0.3, 0.4) is 0 Å². The van der Waals surface area contributed by atoms with Gasteiger partial charge in [-0.05, 0) is 31.5 Å². The van der Waals surface area contributed by atoms with Crippen LogP contribution in [-0.2, 0) is 9.59 Å². The number of hydrogen-bond donors (Lipinski definition) is 0. The molecule has 0 amide bonds. The van der Waals surface area contributed by atoms with Crippen molar-refractivity contribution in [3.63, 3.8) is 0 Å². The number of nitro groups is 1. The van der Waals surface area contributed by atoms with Crippen molar-refractivity contribution in [1.82, 2.24) is 0 Å². The molecule has 0 saturated heterocycles. The van der Waals surface area contributed by atoms with Crippen LogP contribution in [0.2, 0.25) is 0 Å². The number of nitrogens with zero attached hydrogens (tertiary/aromatic N) is 2. The molecule has 0 fully saturated rings. The van der Waals surface area contributed by atoms with Gasteiger partial charge < -0.3 is 0 Å². The van der Waals surface area contributed by atoms with Crippen LogP contribution in [-0.4, -0.2) is 23.0 Å². The SMILES string of the molecule is CC(=O)C(C(C)=O)C(C[N+](=O)[O-])c1ccc(C#N)cc1. The number of carbonyl (C=O) groups excluding carboxylic acids is 2. The maximum atomic E-state index is 11.6. The minimum Gasteiger partial charge on any atom is -0.299 e. The molecule has 6 nitrogen and oxygen atoms in total. The molecule has 1 atom stereocenters. The van der Waals surface area contributed by atoms with Gasteiger partial charge in [-0.1, -0.05) is 12.1 Å². The van der Waals surface area contributed by atoms with Crippen molar-refractivity contribution in [2.24, 2.45) is 5.92 Å². The molecule has 0 saturated carbocycles. The van der Waals surface area contributed by atoms with Crippen LogP contribution < -0.4 is 0 Å². The standard InChI is InChI=1S/C14H14N2O4/c1-9(17)14(10(2)18)13(8-16(19)20)12-5-3-11(7-15)4-6-12/h3-6,13-14H,8H2,1-2H3. The smallest absolute Gasteiger partial charge is 0.211 e. The van der Waals surface area contributed by atoms with E-state index in [0.29, 0.717) is 11.1 Å². The molecule has 0 spiro atoms. The summed E-state index contributed by atoms with van der Waals surface area (Å²) < 4.78 is 0. The van der Waals surface area contributed by atoms with Crippen LogP contribution in [0.5, 0.6) is 0 Å². The Hall–Kier alpha value is -2.55. The fraction of sp³-hybridized carbons (Fsp3) is 0.357. The summed E-state index contributed by atoms with van der Waals surface area (Å²) in [4.78, 5) is 33.5. The lowest BCUT2D eigenvalue weighted by Crippen LogP contribution is -2.31. The number of hydrogen-bond acceptors (Lipinski definition) is 5. The summed E-state index contributed by atoms with van der Waals surface area (Å²) in [6.45, 7) is 2.00. The second kappa shape index (κ2) is 6.57. The van der Waals surface area contributed by atoms with E-state index in [2.05, 4.69) is 0 Å². The zero-order valence-corrected chi connectivity index (χ0v) is 11.2. The Morgan fingerprint density at radius 3 is 2.10 bits per heavy atom. The lowest BCUT2D eigenvalue weighted by Gasteiger charge is -2.20. The largest absolute Gasteiger partial charge is 0.299 e. The highest BCUT2D eigenvalue weighted by Gasteiger charge is 2.34. The minimum absolute atomic E-state index is 0.395. The molecule has 1 rings (SSSR count). The van der Waals surface area contributed by atoms with E-state index in [-0.39, 0.29) is 0 Å². The second-order valence-corrected chi connectivity index (χ2v) is 4.55. The third-order valence-electron chi connectivity index (χ3n) is 3.09. The van der Waals surface area contributed by atoms with Crippen LogP contribution in [0.1, 0.15) is 30.9 Å². The number of Topliss-reactive ketones (excluding diaryl/α,β-unsaturated/α-hetero) is 2. The van der Waals surface area contributed by atoms with Gasteiger partial charge in [0.15, 0.2) is 0 Å². The van der Waals surface area contributed by atoms with Gasteiger partial charge in [0.05, 0.1) is 23.5 Å². The molecule has 6 heteroatoms.